The highest BCUT2D eigenvalue weighted by Gasteiger charge is 2.29. The van der Waals surface area contributed by atoms with Crippen molar-refractivity contribution in [1.82, 2.24) is 4.90 Å². The number of halogens is 1. The lowest BCUT2D eigenvalue weighted by Crippen LogP contribution is -2.55. The van der Waals surface area contributed by atoms with E-state index in [-0.39, 0.29) is 18.3 Å². The van der Waals surface area contributed by atoms with Crippen LogP contribution in [-0.2, 0) is 9.53 Å². The smallest absolute Gasteiger partial charge is 0.324 e. The van der Waals surface area contributed by atoms with E-state index < -0.39 is 6.04 Å². The number of methoxy groups -OCH3 is 1. The second kappa shape index (κ2) is 6.67. The van der Waals surface area contributed by atoms with Crippen LogP contribution < -0.4 is 10.6 Å². The molecule has 1 atom stereocenters. The second-order valence-corrected chi connectivity index (χ2v) is 4.75. The SMILES string of the molecule is COC(=O)C(CN)N1CCN(c2ccccc2F)CC1. The number of hydrogen-bond acceptors (Lipinski definition) is 5. The van der Waals surface area contributed by atoms with Gasteiger partial charge in [0.25, 0.3) is 0 Å². The number of nitrogens with two attached hydrogens (primary N) is 1. The summed E-state index contributed by atoms with van der Waals surface area (Å²) in [7, 11) is 1.36. The maximum Gasteiger partial charge on any atom is 0.324 e. The van der Waals surface area contributed by atoms with Crippen LogP contribution in [0.1, 0.15) is 0 Å². The Hall–Kier alpha value is -1.66. The molecule has 1 aliphatic heterocycles. The third-order valence-electron chi connectivity index (χ3n) is 3.64. The number of carbonyl (C=O) groups is 1. The Morgan fingerprint density at radius 2 is 2.00 bits per heavy atom. The van der Waals surface area contributed by atoms with E-state index in [2.05, 4.69) is 0 Å². The Balaban J connectivity index is 1.99. The number of carbonyl (C=O) groups excluding carboxylic acids is 1. The fraction of sp³-hybridized carbons (Fsp3) is 0.500. The largest absolute Gasteiger partial charge is 0.468 e. The molecule has 6 heteroatoms. The molecule has 0 saturated carbocycles. The average Bonchev–Trinajstić information content (AvgIpc) is 2.49. The Bertz CT molecular complexity index is 461. The van der Waals surface area contributed by atoms with Gasteiger partial charge >= 0.3 is 5.97 Å². The minimum Gasteiger partial charge on any atom is -0.468 e. The molecule has 0 amide bonds. The first-order valence-corrected chi connectivity index (χ1v) is 6.68. The van der Waals surface area contributed by atoms with Crippen LogP contribution >= 0.6 is 0 Å². The quantitative estimate of drug-likeness (QED) is 0.812. The number of para-hydroxylation sites is 1. The van der Waals surface area contributed by atoms with Crippen molar-refractivity contribution in [3.05, 3.63) is 30.1 Å². The highest BCUT2D eigenvalue weighted by Crippen LogP contribution is 2.20. The van der Waals surface area contributed by atoms with Crippen molar-refractivity contribution in [2.24, 2.45) is 5.73 Å². The first-order valence-electron chi connectivity index (χ1n) is 6.68. The van der Waals surface area contributed by atoms with E-state index >= 15 is 0 Å². The van der Waals surface area contributed by atoms with Crippen LogP contribution in [0.25, 0.3) is 0 Å². The van der Waals surface area contributed by atoms with Gasteiger partial charge in [-0.3, -0.25) is 9.69 Å². The minimum atomic E-state index is -0.414. The molecular weight excluding hydrogens is 261 g/mol. The summed E-state index contributed by atoms with van der Waals surface area (Å²) in [5.41, 5.74) is 6.24. The van der Waals surface area contributed by atoms with Gasteiger partial charge < -0.3 is 15.4 Å². The number of anilines is 1. The van der Waals surface area contributed by atoms with Crippen LogP contribution in [0.2, 0.25) is 0 Å². The molecule has 20 heavy (non-hydrogen) atoms. The summed E-state index contributed by atoms with van der Waals surface area (Å²) >= 11 is 0. The van der Waals surface area contributed by atoms with Crippen molar-refractivity contribution in [3.63, 3.8) is 0 Å². The fourth-order valence-corrected chi connectivity index (χ4v) is 2.51. The Morgan fingerprint density at radius 1 is 1.35 bits per heavy atom. The van der Waals surface area contributed by atoms with Gasteiger partial charge in [-0.15, -0.1) is 0 Å². The van der Waals surface area contributed by atoms with Gasteiger partial charge in [0.2, 0.25) is 0 Å². The Kier molecular flexibility index (Phi) is 4.92. The summed E-state index contributed by atoms with van der Waals surface area (Å²) < 4.78 is 18.5. The summed E-state index contributed by atoms with van der Waals surface area (Å²) in [6.45, 7) is 2.87. The first-order chi connectivity index (χ1) is 9.67. The molecule has 1 saturated heterocycles. The zero-order valence-electron chi connectivity index (χ0n) is 11.6. The molecule has 1 fully saturated rings. The second-order valence-electron chi connectivity index (χ2n) is 4.75. The number of ether oxygens (including phenoxy) is 1. The van der Waals surface area contributed by atoms with Crippen LogP contribution in [0.15, 0.2) is 24.3 Å². The number of esters is 1. The molecule has 1 unspecified atom stereocenters. The molecule has 0 radical (unpaired) electrons. The van der Waals surface area contributed by atoms with Gasteiger partial charge in [0.05, 0.1) is 12.8 Å². The molecule has 1 aromatic carbocycles. The zero-order chi connectivity index (χ0) is 14.5. The highest BCUT2D eigenvalue weighted by atomic mass is 19.1. The van der Waals surface area contributed by atoms with Gasteiger partial charge in [0.15, 0.2) is 0 Å². The third-order valence-corrected chi connectivity index (χ3v) is 3.64. The lowest BCUT2D eigenvalue weighted by molar-refractivity contribution is -0.146. The first kappa shape index (κ1) is 14.7. The Morgan fingerprint density at radius 3 is 2.55 bits per heavy atom. The summed E-state index contributed by atoms with van der Waals surface area (Å²) in [5, 5.41) is 0. The summed E-state index contributed by atoms with van der Waals surface area (Å²) in [4.78, 5) is 15.6. The molecule has 0 spiro atoms. The topological polar surface area (TPSA) is 58.8 Å². The average molecular weight is 281 g/mol. The van der Waals surface area contributed by atoms with Crippen molar-refractivity contribution in [1.29, 1.82) is 0 Å². The third kappa shape index (κ3) is 3.08. The van der Waals surface area contributed by atoms with Crippen molar-refractivity contribution >= 4 is 11.7 Å². The minimum absolute atomic E-state index is 0.218. The standard InChI is InChI=1S/C14H20FN3O2/c1-20-14(19)13(10-16)18-8-6-17(7-9-18)12-5-3-2-4-11(12)15/h2-5,13H,6-10,16H2,1H3. The summed E-state index contributed by atoms with van der Waals surface area (Å²) in [5.74, 6) is -0.531. The molecule has 110 valence electrons. The lowest BCUT2D eigenvalue weighted by Gasteiger charge is -2.38. The molecule has 1 heterocycles. The van der Waals surface area contributed by atoms with E-state index in [0.717, 1.165) is 0 Å². The molecule has 0 aromatic heterocycles. The summed E-state index contributed by atoms with van der Waals surface area (Å²) in [6, 6.07) is 6.31. The number of hydrogen-bond donors (Lipinski definition) is 1. The van der Waals surface area contributed by atoms with Crippen LogP contribution in [0.5, 0.6) is 0 Å². The van der Waals surface area contributed by atoms with Crippen LogP contribution in [0, 0.1) is 5.82 Å². The molecule has 5 nitrogen and oxygen atoms in total. The molecule has 0 aliphatic carbocycles. The van der Waals surface area contributed by atoms with Gasteiger partial charge in [-0.05, 0) is 12.1 Å². The fourth-order valence-electron chi connectivity index (χ4n) is 2.51. The van der Waals surface area contributed by atoms with Gasteiger partial charge in [-0.25, -0.2) is 4.39 Å². The van der Waals surface area contributed by atoms with E-state index in [4.69, 9.17) is 10.5 Å². The van der Waals surface area contributed by atoms with E-state index in [9.17, 15) is 9.18 Å². The van der Waals surface area contributed by atoms with Gasteiger partial charge in [-0.1, -0.05) is 12.1 Å². The molecule has 1 aromatic rings. The highest BCUT2D eigenvalue weighted by molar-refractivity contribution is 5.76. The van der Waals surface area contributed by atoms with Gasteiger partial charge in [0.1, 0.15) is 11.9 Å². The van der Waals surface area contributed by atoms with Gasteiger partial charge in [-0.2, -0.15) is 0 Å². The van der Waals surface area contributed by atoms with E-state index in [1.165, 1.54) is 13.2 Å². The number of rotatable bonds is 4. The molecular formula is C14H20FN3O2. The molecule has 2 rings (SSSR count). The lowest BCUT2D eigenvalue weighted by atomic mass is 10.2. The van der Waals surface area contributed by atoms with Crippen molar-refractivity contribution in [2.75, 3.05) is 44.7 Å². The summed E-state index contributed by atoms with van der Waals surface area (Å²) in [6.07, 6.45) is 0. The molecule has 2 N–H and O–H groups in total. The predicted octanol–water partition coefficient (Wildman–Crippen LogP) is 0.448. The van der Waals surface area contributed by atoms with Crippen LogP contribution in [0.3, 0.4) is 0 Å². The van der Waals surface area contributed by atoms with Crippen molar-refractivity contribution < 1.29 is 13.9 Å². The normalized spacial score (nSPS) is 17.9. The van der Waals surface area contributed by atoms with Crippen molar-refractivity contribution in [3.8, 4) is 0 Å². The number of benzene rings is 1. The van der Waals surface area contributed by atoms with E-state index in [1.54, 1.807) is 12.1 Å². The predicted molar refractivity (Wildman–Crippen MR) is 75.0 cm³/mol. The molecule has 0 bridgehead atoms. The monoisotopic (exact) mass is 281 g/mol. The molecule has 1 aliphatic rings. The zero-order valence-corrected chi connectivity index (χ0v) is 11.6. The van der Waals surface area contributed by atoms with Gasteiger partial charge in [0, 0.05) is 32.7 Å². The Labute approximate surface area is 118 Å². The maximum atomic E-state index is 13.7. The number of piperazine rings is 1. The maximum absolute atomic E-state index is 13.7. The van der Waals surface area contributed by atoms with E-state index in [0.29, 0.717) is 31.9 Å². The van der Waals surface area contributed by atoms with Crippen molar-refractivity contribution in [2.45, 2.75) is 6.04 Å². The van der Waals surface area contributed by atoms with Crippen LogP contribution in [-0.4, -0.2) is 56.7 Å². The van der Waals surface area contributed by atoms with Crippen LogP contribution in [0.4, 0.5) is 10.1 Å². The number of nitrogens with zero attached hydrogens (tertiary/aromatic N) is 2. The van der Waals surface area contributed by atoms with E-state index in [1.807, 2.05) is 15.9 Å².